The van der Waals surface area contributed by atoms with Gasteiger partial charge in [0.1, 0.15) is 0 Å². The van der Waals surface area contributed by atoms with Crippen molar-refractivity contribution in [1.82, 2.24) is 5.32 Å². The number of carbonyl (C=O) groups excluding carboxylic acids is 2. The zero-order chi connectivity index (χ0) is 15.3. The van der Waals surface area contributed by atoms with Gasteiger partial charge in [0, 0.05) is 12.0 Å². The fourth-order valence-corrected chi connectivity index (χ4v) is 2.17. The minimum Gasteiger partial charge on any atom is -0.339 e. The van der Waals surface area contributed by atoms with Crippen LogP contribution in [-0.4, -0.2) is 17.2 Å². The summed E-state index contributed by atoms with van der Waals surface area (Å²) in [6, 6.07) is 18.6. The summed E-state index contributed by atoms with van der Waals surface area (Å²) in [7, 11) is 0. The van der Waals surface area contributed by atoms with Gasteiger partial charge in [0.2, 0.25) is 0 Å². The van der Waals surface area contributed by atoms with E-state index in [1.165, 1.54) is 6.92 Å². The van der Waals surface area contributed by atoms with Crippen LogP contribution in [-0.2, 0) is 11.2 Å². The fourth-order valence-electron chi connectivity index (χ4n) is 2.17. The van der Waals surface area contributed by atoms with E-state index >= 15 is 0 Å². The molecule has 0 unspecified atom stereocenters. The van der Waals surface area contributed by atoms with E-state index in [1.54, 1.807) is 31.2 Å². The van der Waals surface area contributed by atoms with Gasteiger partial charge in [-0.05, 0) is 31.5 Å². The van der Waals surface area contributed by atoms with Crippen molar-refractivity contribution in [2.24, 2.45) is 0 Å². The van der Waals surface area contributed by atoms with Crippen LogP contribution in [0.1, 0.15) is 29.8 Å². The van der Waals surface area contributed by atoms with Gasteiger partial charge in [-0.3, -0.25) is 9.59 Å². The highest BCUT2D eigenvalue weighted by atomic mass is 16.2. The molecule has 3 heteroatoms. The number of rotatable bonds is 5. The molecule has 1 amide bonds. The van der Waals surface area contributed by atoms with Gasteiger partial charge in [0.15, 0.2) is 5.78 Å². The van der Waals surface area contributed by atoms with Gasteiger partial charge in [0.25, 0.3) is 5.91 Å². The molecule has 1 N–H and O–H groups in total. The first kappa shape index (κ1) is 15.0. The van der Waals surface area contributed by atoms with E-state index in [9.17, 15) is 9.59 Å². The Kier molecular flexibility index (Phi) is 4.53. The normalized spacial score (nSPS) is 13.2. The smallest absolute Gasteiger partial charge is 0.252 e. The minimum absolute atomic E-state index is 0.0596. The van der Waals surface area contributed by atoms with Crippen LogP contribution >= 0.6 is 0 Å². The molecule has 3 nitrogen and oxygen atoms in total. The number of hydrogen-bond acceptors (Lipinski definition) is 2. The second kappa shape index (κ2) is 6.35. The lowest BCUT2D eigenvalue weighted by Gasteiger charge is -2.28. The van der Waals surface area contributed by atoms with Crippen LogP contribution < -0.4 is 5.32 Å². The molecule has 0 aromatic heterocycles. The van der Waals surface area contributed by atoms with E-state index in [4.69, 9.17) is 0 Å². The maximum absolute atomic E-state index is 12.3. The summed E-state index contributed by atoms with van der Waals surface area (Å²) in [5.74, 6) is -0.292. The van der Waals surface area contributed by atoms with Crippen molar-refractivity contribution in [2.75, 3.05) is 0 Å². The van der Waals surface area contributed by atoms with Crippen LogP contribution in [0.5, 0.6) is 0 Å². The lowest BCUT2D eigenvalue weighted by atomic mass is 9.88. The van der Waals surface area contributed by atoms with Gasteiger partial charge >= 0.3 is 0 Å². The van der Waals surface area contributed by atoms with Crippen molar-refractivity contribution in [3.8, 4) is 0 Å². The molecule has 0 aliphatic heterocycles. The predicted molar refractivity (Wildman–Crippen MR) is 83.1 cm³/mol. The van der Waals surface area contributed by atoms with E-state index in [1.807, 2.05) is 36.4 Å². The van der Waals surface area contributed by atoms with Crippen LogP contribution in [0.3, 0.4) is 0 Å². The van der Waals surface area contributed by atoms with Gasteiger partial charge in [-0.25, -0.2) is 0 Å². The monoisotopic (exact) mass is 281 g/mol. The molecule has 0 spiro atoms. The number of amides is 1. The van der Waals surface area contributed by atoms with E-state index in [-0.39, 0.29) is 11.7 Å². The second-order valence-corrected chi connectivity index (χ2v) is 5.37. The van der Waals surface area contributed by atoms with Crippen molar-refractivity contribution >= 4 is 11.7 Å². The number of carbonyl (C=O) groups is 2. The Balaban J connectivity index is 2.19. The minimum atomic E-state index is -0.908. The third-order valence-corrected chi connectivity index (χ3v) is 3.60. The zero-order valence-corrected chi connectivity index (χ0v) is 12.3. The molecule has 108 valence electrons. The number of ketones is 1. The summed E-state index contributed by atoms with van der Waals surface area (Å²) < 4.78 is 0. The molecule has 0 radical (unpaired) electrons. The Morgan fingerprint density at radius 1 is 0.952 bits per heavy atom. The van der Waals surface area contributed by atoms with Gasteiger partial charge in [0.05, 0.1) is 5.54 Å². The molecule has 0 heterocycles. The molecule has 2 aromatic rings. The van der Waals surface area contributed by atoms with E-state index in [0.29, 0.717) is 12.0 Å². The van der Waals surface area contributed by atoms with Gasteiger partial charge < -0.3 is 5.32 Å². The number of Topliss-reactive ketones (excluding diaryl/α,β-unsaturated/α-hetero) is 1. The van der Waals surface area contributed by atoms with E-state index in [2.05, 4.69) is 5.32 Å². The Bertz CT molecular complexity index is 622. The molecule has 0 bridgehead atoms. The topological polar surface area (TPSA) is 46.2 Å². The summed E-state index contributed by atoms with van der Waals surface area (Å²) in [5, 5.41) is 2.87. The lowest BCUT2D eigenvalue weighted by Crippen LogP contribution is -2.52. The molecule has 0 saturated heterocycles. The molecule has 0 aliphatic carbocycles. The average Bonchev–Trinajstić information content (AvgIpc) is 2.49. The summed E-state index contributed by atoms with van der Waals surface area (Å²) >= 11 is 0. The summed E-state index contributed by atoms with van der Waals surface area (Å²) in [4.78, 5) is 24.3. The van der Waals surface area contributed by atoms with Gasteiger partial charge in [-0.1, -0.05) is 48.5 Å². The molecule has 0 fully saturated rings. The molecule has 1 atom stereocenters. The van der Waals surface area contributed by atoms with Crippen LogP contribution in [0.15, 0.2) is 60.7 Å². The Morgan fingerprint density at radius 2 is 1.48 bits per heavy atom. The number of nitrogens with one attached hydrogen (secondary N) is 1. The Morgan fingerprint density at radius 3 is 2.00 bits per heavy atom. The van der Waals surface area contributed by atoms with Crippen LogP contribution in [0.4, 0.5) is 0 Å². The van der Waals surface area contributed by atoms with Gasteiger partial charge in [-0.15, -0.1) is 0 Å². The Hall–Kier alpha value is -2.42. The molecule has 0 aliphatic rings. The Labute approximate surface area is 125 Å². The number of hydrogen-bond donors (Lipinski definition) is 1. The van der Waals surface area contributed by atoms with Crippen molar-refractivity contribution < 1.29 is 9.59 Å². The first-order chi connectivity index (χ1) is 10.0. The average molecular weight is 281 g/mol. The molecular formula is C18H19NO2. The van der Waals surface area contributed by atoms with Crippen molar-refractivity contribution in [1.29, 1.82) is 0 Å². The molecule has 2 aromatic carbocycles. The standard InChI is InChI=1S/C18H19NO2/c1-14(20)18(2,13-15-9-5-3-6-10-15)19-17(21)16-11-7-4-8-12-16/h3-12H,13H2,1-2H3,(H,19,21)/t18-/m0/s1. The summed E-state index contributed by atoms with van der Waals surface area (Å²) in [5.41, 5.74) is 0.662. The van der Waals surface area contributed by atoms with Crippen LogP contribution in [0, 0.1) is 0 Å². The van der Waals surface area contributed by atoms with Crippen LogP contribution in [0.25, 0.3) is 0 Å². The SMILES string of the molecule is CC(=O)[C@](C)(Cc1ccccc1)NC(=O)c1ccccc1. The molecular weight excluding hydrogens is 262 g/mol. The summed E-state index contributed by atoms with van der Waals surface area (Å²) in [6.45, 7) is 3.28. The highest BCUT2D eigenvalue weighted by Gasteiger charge is 2.32. The van der Waals surface area contributed by atoms with E-state index in [0.717, 1.165) is 5.56 Å². The van der Waals surface area contributed by atoms with Crippen molar-refractivity contribution in [3.63, 3.8) is 0 Å². The van der Waals surface area contributed by atoms with Crippen molar-refractivity contribution in [2.45, 2.75) is 25.8 Å². The molecule has 0 saturated carbocycles. The lowest BCUT2D eigenvalue weighted by molar-refractivity contribution is -0.122. The highest BCUT2D eigenvalue weighted by Crippen LogP contribution is 2.15. The first-order valence-corrected chi connectivity index (χ1v) is 6.94. The number of benzene rings is 2. The fraction of sp³-hybridized carbons (Fsp3) is 0.222. The quantitative estimate of drug-likeness (QED) is 0.915. The maximum Gasteiger partial charge on any atom is 0.252 e. The second-order valence-electron chi connectivity index (χ2n) is 5.37. The zero-order valence-electron chi connectivity index (χ0n) is 12.3. The van der Waals surface area contributed by atoms with Gasteiger partial charge in [-0.2, -0.15) is 0 Å². The van der Waals surface area contributed by atoms with E-state index < -0.39 is 5.54 Å². The van der Waals surface area contributed by atoms with Crippen molar-refractivity contribution in [3.05, 3.63) is 71.8 Å². The third-order valence-electron chi connectivity index (χ3n) is 3.60. The predicted octanol–water partition coefficient (Wildman–Crippen LogP) is 3.01. The largest absolute Gasteiger partial charge is 0.339 e. The third kappa shape index (κ3) is 3.78. The molecule has 2 rings (SSSR count). The molecule has 21 heavy (non-hydrogen) atoms. The van der Waals surface area contributed by atoms with Crippen LogP contribution in [0.2, 0.25) is 0 Å². The highest BCUT2D eigenvalue weighted by molar-refractivity contribution is 5.99. The maximum atomic E-state index is 12.3. The summed E-state index contributed by atoms with van der Waals surface area (Å²) in [6.07, 6.45) is 0.474. The first-order valence-electron chi connectivity index (χ1n) is 6.94.